The Morgan fingerprint density at radius 3 is 2.61 bits per heavy atom. The number of thiophene rings is 1. The van der Waals surface area contributed by atoms with Gasteiger partial charge in [0.1, 0.15) is 6.54 Å². The molecule has 0 spiro atoms. The van der Waals surface area contributed by atoms with Crippen molar-refractivity contribution in [3.8, 4) is 0 Å². The van der Waals surface area contributed by atoms with Crippen molar-refractivity contribution in [2.24, 2.45) is 0 Å². The van der Waals surface area contributed by atoms with Crippen molar-refractivity contribution in [3.63, 3.8) is 0 Å². The summed E-state index contributed by atoms with van der Waals surface area (Å²) in [5, 5.41) is 8.87. The van der Waals surface area contributed by atoms with Crippen molar-refractivity contribution in [3.05, 3.63) is 21.4 Å². The van der Waals surface area contributed by atoms with Crippen LogP contribution in [0.1, 0.15) is 39.9 Å². The predicted molar refractivity (Wildman–Crippen MR) is 70.1 cm³/mol. The summed E-state index contributed by atoms with van der Waals surface area (Å²) in [6, 6.07) is 2.00. The Morgan fingerprint density at radius 2 is 2.17 bits per heavy atom. The first-order valence-electron chi connectivity index (χ1n) is 6.15. The van der Waals surface area contributed by atoms with Gasteiger partial charge in [0.25, 0.3) is 5.91 Å². The summed E-state index contributed by atoms with van der Waals surface area (Å²) >= 11 is 1.48. The van der Waals surface area contributed by atoms with Gasteiger partial charge in [-0.3, -0.25) is 9.59 Å². The van der Waals surface area contributed by atoms with Gasteiger partial charge in [0.2, 0.25) is 0 Å². The summed E-state index contributed by atoms with van der Waals surface area (Å²) in [6.45, 7) is 3.86. The molecule has 1 heterocycles. The lowest BCUT2D eigenvalue weighted by Gasteiger charge is -2.19. The Hall–Kier alpha value is -1.36. The van der Waals surface area contributed by atoms with Gasteiger partial charge in [-0.2, -0.15) is 0 Å². The Bertz CT molecular complexity index is 477. The van der Waals surface area contributed by atoms with Crippen LogP contribution in [0.25, 0.3) is 0 Å². The maximum Gasteiger partial charge on any atom is 0.323 e. The molecule has 1 aliphatic rings. The Kier molecular flexibility index (Phi) is 3.71. The van der Waals surface area contributed by atoms with Crippen molar-refractivity contribution in [2.75, 3.05) is 6.54 Å². The van der Waals surface area contributed by atoms with E-state index in [1.807, 2.05) is 13.0 Å². The molecule has 0 aromatic carbocycles. The fourth-order valence-electron chi connectivity index (χ4n) is 2.02. The van der Waals surface area contributed by atoms with Crippen LogP contribution in [0.2, 0.25) is 0 Å². The first-order chi connectivity index (χ1) is 8.52. The van der Waals surface area contributed by atoms with Crippen LogP contribution in [-0.2, 0) is 11.2 Å². The van der Waals surface area contributed by atoms with Gasteiger partial charge in [-0.1, -0.05) is 6.92 Å². The summed E-state index contributed by atoms with van der Waals surface area (Å²) in [5.41, 5.74) is 1.12. The average molecular weight is 267 g/mol. The fraction of sp³-hybridized carbons (Fsp3) is 0.538. The number of carboxylic acid groups (broad SMARTS) is 1. The largest absolute Gasteiger partial charge is 0.480 e. The summed E-state index contributed by atoms with van der Waals surface area (Å²) in [7, 11) is 0. The third-order valence-electron chi connectivity index (χ3n) is 3.11. The van der Waals surface area contributed by atoms with E-state index in [1.54, 1.807) is 0 Å². The lowest BCUT2D eigenvalue weighted by Crippen LogP contribution is -2.37. The predicted octanol–water partition coefficient (Wildman–Crippen LogP) is 2.31. The fourth-order valence-corrected chi connectivity index (χ4v) is 3.09. The zero-order chi connectivity index (χ0) is 13.3. The lowest BCUT2D eigenvalue weighted by molar-refractivity contribution is -0.137. The van der Waals surface area contributed by atoms with Crippen LogP contribution in [0.5, 0.6) is 0 Å². The molecule has 1 aromatic rings. The van der Waals surface area contributed by atoms with Crippen molar-refractivity contribution in [1.29, 1.82) is 0 Å². The second-order valence-corrected chi connectivity index (χ2v) is 5.77. The smallest absolute Gasteiger partial charge is 0.323 e. The second-order valence-electron chi connectivity index (χ2n) is 4.63. The molecule has 1 aromatic heterocycles. The van der Waals surface area contributed by atoms with Gasteiger partial charge in [0.15, 0.2) is 0 Å². The molecule has 0 bridgehead atoms. The van der Waals surface area contributed by atoms with Gasteiger partial charge in [-0.15, -0.1) is 11.3 Å². The molecule has 0 atom stereocenters. The molecule has 0 radical (unpaired) electrons. The van der Waals surface area contributed by atoms with E-state index >= 15 is 0 Å². The van der Waals surface area contributed by atoms with E-state index in [-0.39, 0.29) is 18.5 Å². The number of aryl methyl sites for hydroxylation is 2. The lowest BCUT2D eigenvalue weighted by atomic mass is 10.2. The van der Waals surface area contributed by atoms with Gasteiger partial charge in [-0.05, 0) is 37.8 Å². The molecule has 5 heteroatoms. The van der Waals surface area contributed by atoms with Gasteiger partial charge in [-0.25, -0.2) is 0 Å². The van der Waals surface area contributed by atoms with Crippen LogP contribution < -0.4 is 0 Å². The van der Waals surface area contributed by atoms with Crippen LogP contribution in [-0.4, -0.2) is 34.5 Å². The van der Waals surface area contributed by atoms with E-state index in [9.17, 15) is 9.59 Å². The number of amides is 1. The molecular weight excluding hydrogens is 250 g/mol. The minimum atomic E-state index is -0.945. The Morgan fingerprint density at radius 1 is 1.50 bits per heavy atom. The molecule has 1 saturated carbocycles. The quantitative estimate of drug-likeness (QED) is 0.890. The molecular formula is C13H17NO3S. The highest BCUT2D eigenvalue weighted by molar-refractivity contribution is 7.14. The highest BCUT2D eigenvalue weighted by atomic mass is 32.1. The van der Waals surface area contributed by atoms with E-state index in [4.69, 9.17) is 5.11 Å². The highest BCUT2D eigenvalue weighted by Gasteiger charge is 2.34. The van der Waals surface area contributed by atoms with Gasteiger partial charge in [0, 0.05) is 10.9 Å². The Balaban J connectivity index is 2.18. The SMILES string of the molecule is CCc1sc(C(=O)N(CC(=O)O)C2CC2)cc1C. The van der Waals surface area contributed by atoms with Gasteiger partial charge < -0.3 is 10.0 Å². The number of rotatable bonds is 5. The molecule has 1 N–H and O–H groups in total. The third-order valence-corrected chi connectivity index (χ3v) is 4.48. The molecule has 98 valence electrons. The minimum absolute atomic E-state index is 0.126. The molecule has 1 amide bonds. The topological polar surface area (TPSA) is 57.6 Å². The Labute approximate surface area is 110 Å². The van der Waals surface area contributed by atoms with E-state index < -0.39 is 5.97 Å². The van der Waals surface area contributed by atoms with E-state index in [2.05, 4.69) is 6.92 Å². The number of carboxylic acids is 1. The maximum atomic E-state index is 12.3. The van der Waals surface area contributed by atoms with Crippen LogP contribution in [0.15, 0.2) is 6.07 Å². The molecule has 4 nitrogen and oxygen atoms in total. The monoisotopic (exact) mass is 267 g/mol. The zero-order valence-corrected chi connectivity index (χ0v) is 11.4. The molecule has 18 heavy (non-hydrogen) atoms. The summed E-state index contributed by atoms with van der Waals surface area (Å²) in [5.74, 6) is -1.08. The van der Waals surface area contributed by atoms with Gasteiger partial charge >= 0.3 is 5.97 Å². The molecule has 1 fully saturated rings. The van der Waals surface area contributed by atoms with Crippen LogP contribution >= 0.6 is 11.3 Å². The summed E-state index contributed by atoms with van der Waals surface area (Å²) in [4.78, 5) is 26.5. The molecule has 0 unspecified atom stereocenters. The summed E-state index contributed by atoms with van der Waals surface area (Å²) in [6.07, 6.45) is 2.75. The maximum absolute atomic E-state index is 12.3. The number of carbonyl (C=O) groups excluding carboxylic acids is 1. The number of hydrogen-bond acceptors (Lipinski definition) is 3. The third kappa shape index (κ3) is 2.72. The molecule has 1 aliphatic carbocycles. The molecule has 0 saturated heterocycles. The van der Waals surface area contributed by atoms with Gasteiger partial charge in [0.05, 0.1) is 4.88 Å². The number of aliphatic carboxylic acids is 1. The van der Waals surface area contributed by atoms with Crippen molar-refractivity contribution < 1.29 is 14.7 Å². The van der Waals surface area contributed by atoms with Crippen LogP contribution in [0.3, 0.4) is 0 Å². The minimum Gasteiger partial charge on any atom is -0.480 e. The van der Waals surface area contributed by atoms with Crippen LogP contribution in [0.4, 0.5) is 0 Å². The number of nitrogens with zero attached hydrogens (tertiary/aromatic N) is 1. The highest BCUT2D eigenvalue weighted by Crippen LogP contribution is 2.30. The number of hydrogen-bond donors (Lipinski definition) is 1. The van der Waals surface area contributed by atoms with E-state index in [0.717, 1.165) is 24.8 Å². The van der Waals surface area contributed by atoms with Crippen molar-refractivity contribution in [1.82, 2.24) is 4.90 Å². The normalized spacial score (nSPS) is 14.6. The second kappa shape index (κ2) is 5.10. The standard InChI is InChI=1S/C13H17NO3S/c1-3-10-8(2)6-11(18-10)13(17)14(7-12(15)16)9-4-5-9/h6,9H,3-5,7H2,1-2H3,(H,15,16). The van der Waals surface area contributed by atoms with E-state index in [1.165, 1.54) is 21.1 Å². The summed E-state index contributed by atoms with van der Waals surface area (Å²) < 4.78 is 0. The first kappa shape index (κ1) is 13.1. The molecule has 0 aliphatic heterocycles. The van der Waals surface area contributed by atoms with Crippen molar-refractivity contribution >= 4 is 23.2 Å². The zero-order valence-electron chi connectivity index (χ0n) is 10.6. The number of carbonyl (C=O) groups is 2. The van der Waals surface area contributed by atoms with Crippen molar-refractivity contribution in [2.45, 2.75) is 39.2 Å². The average Bonchev–Trinajstić information content (AvgIpc) is 3.08. The molecule has 2 rings (SSSR count). The van der Waals surface area contributed by atoms with E-state index in [0.29, 0.717) is 4.88 Å². The van der Waals surface area contributed by atoms with Crippen LogP contribution in [0, 0.1) is 6.92 Å². The first-order valence-corrected chi connectivity index (χ1v) is 6.96.